The Kier molecular flexibility index (Phi) is 6.18. The van der Waals surface area contributed by atoms with E-state index in [1.165, 1.54) is 5.56 Å². The van der Waals surface area contributed by atoms with E-state index in [0.29, 0.717) is 17.1 Å². The third-order valence-electron chi connectivity index (χ3n) is 5.55. The summed E-state index contributed by atoms with van der Waals surface area (Å²) in [5.41, 5.74) is 7.28. The average Bonchev–Trinajstić information content (AvgIpc) is 2.85. The van der Waals surface area contributed by atoms with Gasteiger partial charge in [-0.3, -0.25) is 4.75 Å². The molecule has 0 bridgehead atoms. The maximum Gasteiger partial charge on any atom is 0.225 e. The van der Waals surface area contributed by atoms with E-state index in [2.05, 4.69) is 46.1 Å². The van der Waals surface area contributed by atoms with Gasteiger partial charge in [-0.2, -0.15) is 0 Å². The Hall–Kier alpha value is -3.48. The van der Waals surface area contributed by atoms with Gasteiger partial charge in [0.05, 0.1) is 22.4 Å². The lowest BCUT2D eigenvalue weighted by atomic mass is 10.1. The monoisotopic (exact) mass is 491 g/mol. The Labute approximate surface area is 202 Å². The quantitative estimate of drug-likeness (QED) is 0.177. The fourth-order valence-electron chi connectivity index (χ4n) is 3.81. The van der Waals surface area contributed by atoms with Crippen molar-refractivity contribution in [2.75, 3.05) is 12.4 Å². The second-order valence-corrected chi connectivity index (χ2v) is 11.0. The number of para-hydroxylation sites is 2. The molecule has 5 rings (SSSR count). The zero-order valence-electron chi connectivity index (χ0n) is 19.2. The maximum absolute atomic E-state index is 10.0. The van der Waals surface area contributed by atoms with Gasteiger partial charge in [0.15, 0.2) is 11.3 Å². The molecule has 5 aromatic rings. The summed E-state index contributed by atoms with van der Waals surface area (Å²) in [5, 5.41) is 13.0. The van der Waals surface area contributed by atoms with Crippen molar-refractivity contribution in [3.8, 4) is 17.2 Å². The van der Waals surface area contributed by atoms with Crippen molar-refractivity contribution in [1.82, 2.24) is 18.7 Å². The highest BCUT2D eigenvalue weighted by molar-refractivity contribution is 7.85. The van der Waals surface area contributed by atoms with Crippen molar-refractivity contribution < 1.29 is 9.63 Å². The van der Waals surface area contributed by atoms with Crippen molar-refractivity contribution >= 4 is 46.3 Å². The van der Waals surface area contributed by atoms with Gasteiger partial charge in [0.1, 0.15) is 11.5 Å². The van der Waals surface area contributed by atoms with Crippen molar-refractivity contribution in [2.45, 2.75) is 26.7 Å². The molecule has 0 aliphatic heterocycles. The molecular weight excluding hydrogens is 465 g/mol. The third-order valence-corrected chi connectivity index (χ3v) is 8.44. The molecule has 0 aliphatic rings. The van der Waals surface area contributed by atoms with Crippen LogP contribution in [0.3, 0.4) is 0 Å². The lowest BCUT2D eigenvalue weighted by Crippen LogP contribution is -2.03. The van der Waals surface area contributed by atoms with Crippen LogP contribution in [0.5, 0.6) is 11.5 Å². The summed E-state index contributed by atoms with van der Waals surface area (Å²) < 4.78 is 11.9. The van der Waals surface area contributed by atoms with E-state index in [1.807, 2.05) is 24.3 Å². The van der Waals surface area contributed by atoms with Crippen LogP contribution in [0.25, 0.3) is 28.0 Å². The summed E-state index contributed by atoms with van der Waals surface area (Å²) in [6.07, 6.45) is 2.11. The summed E-state index contributed by atoms with van der Waals surface area (Å²) in [5.74, 6) is 0.835. The number of aromatic amines is 1. The molecule has 1 unspecified atom stereocenters. The summed E-state index contributed by atoms with van der Waals surface area (Å²) >= 11 is 1.57. The number of hydrogen-bond donors (Lipinski definition) is 3. The summed E-state index contributed by atoms with van der Waals surface area (Å²) in [6.45, 7) is 4.31. The molecule has 2 heterocycles. The maximum atomic E-state index is 10.0. The van der Waals surface area contributed by atoms with E-state index in [-0.39, 0.29) is 5.75 Å². The number of benzene rings is 3. The van der Waals surface area contributed by atoms with Crippen LogP contribution >= 0.6 is 18.2 Å². The van der Waals surface area contributed by atoms with Gasteiger partial charge in [0.25, 0.3) is 0 Å². The van der Waals surface area contributed by atoms with E-state index in [0.717, 1.165) is 40.8 Å². The number of hydrogen-bond acceptors (Lipinski definition) is 6. The molecule has 7 nitrogen and oxygen atoms in total. The van der Waals surface area contributed by atoms with Gasteiger partial charge in [0.2, 0.25) is 7.10 Å². The molecule has 174 valence electrons. The van der Waals surface area contributed by atoms with Crippen LogP contribution in [0, 0.1) is 6.92 Å². The van der Waals surface area contributed by atoms with Crippen LogP contribution in [-0.2, 0) is 6.42 Å². The van der Waals surface area contributed by atoms with Crippen molar-refractivity contribution in [3.05, 3.63) is 71.8 Å². The van der Waals surface area contributed by atoms with Crippen LogP contribution in [0.1, 0.15) is 24.5 Å². The smallest absolute Gasteiger partial charge is 0.225 e. The lowest BCUT2D eigenvalue weighted by Gasteiger charge is -2.16. The van der Waals surface area contributed by atoms with E-state index >= 15 is 0 Å². The van der Waals surface area contributed by atoms with Crippen molar-refractivity contribution in [2.24, 2.45) is 0 Å². The van der Waals surface area contributed by atoms with Crippen LogP contribution in [0.2, 0.25) is 0 Å². The molecule has 0 radical (unpaired) electrons. The minimum atomic E-state index is -1.23. The van der Waals surface area contributed by atoms with Crippen molar-refractivity contribution in [1.29, 1.82) is 0 Å². The predicted molar refractivity (Wildman–Crippen MR) is 141 cm³/mol. The minimum Gasteiger partial charge on any atom is -0.506 e. The Morgan fingerprint density at radius 2 is 1.88 bits per heavy atom. The SMILES string of the molecule is CCCc1ccc(C)c(-n2sp(Oc3ccc(O)c(NC)c3)[nH]c3nc4ccccc4nc32)c1. The summed E-state index contributed by atoms with van der Waals surface area (Å²) in [6, 6.07) is 19.7. The molecule has 3 aromatic carbocycles. The molecular formula is C25H26N5O2PS. The number of phenolic OH excluding ortho intramolecular Hbond substituents is 1. The van der Waals surface area contributed by atoms with E-state index in [1.54, 1.807) is 36.4 Å². The highest BCUT2D eigenvalue weighted by Gasteiger charge is 2.14. The Bertz CT molecular complexity index is 1530. The number of H-pyrrole nitrogens is 1. The van der Waals surface area contributed by atoms with Gasteiger partial charge in [-0.1, -0.05) is 37.6 Å². The first-order valence-corrected chi connectivity index (χ1v) is 13.8. The van der Waals surface area contributed by atoms with Gasteiger partial charge >= 0.3 is 0 Å². The number of aryl methyl sites for hydroxylation is 2. The summed E-state index contributed by atoms with van der Waals surface area (Å²) in [4.78, 5) is 9.84. The number of rotatable bonds is 6. The number of aromatic hydroxyl groups is 1. The Balaban J connectivity index is 1.72. The third kappa shape index (κ3) is 4.34. The molecule has 0 aliphatic carbocycles. The number of anilines is 1. The standard InChI is InChI=1S/C25H26N5O2PS/c1-4-7-17-11-10-16(2)22(14-17)30-25-24(27-19-8-5-6-9-20(19)28-25)29-33(34-30)32-18-12-13-23(31)21(15-18)26-3/h5-6,8-15,26,31H,4,7H2,1-3H3,(H,27,29). The predicted octanol–water partition coefficient (Wildman–Crippen LogP) is 6.92. The molecule has 0 spiro atoms. The van der Waals surface area contributed by atoms with Crippen molar-refractivity contribution in [3.63, 3.8) is 0 Å². The Morgan fingerprint density at radius 1 is 1.09 bits per heavy atom. The number of nitrogens with zero attached hydrogens (tertiary/aromatic N) is 3. The second-order valence-electron chi connectivity index (χ2n) is 8.02. The first-order valence-electron chi connectivity index (χ1n) is 11.2. The molecule has 1 atom stereocenters. The summed E-state index contributed by atoms with van der Waals surface area (Å²) in [7, 11) is 0.537. The molecule has 0 amide bonds. The number of aromatic nitrogens is 4. The lowest BCUT2D eigenvalue weighted by molar-refractivity contribution is 0.476. The molecule has 2 aromatic heterocycles. The van der Waals surface area contributed by atoms with E-state index < -0.39 is 7.10 Å². The Morgan fingerprint density at radius 3 is 2.65 bits per heavy atom. The van der Waals surface area contributed by atoms with Crippen LogP contribution < -0.4 is 9.84 Å². The molecule has 0 saturated heterocycles. The van der Waals surface area contributed by atoms with E-state index in [4.69, 9.17) is 14.5 Å². The molecule has 0 fully saturated rings. The number of phenols is 1. The minimum absolute atomic E-state index is 0.180. The van der Waals surface area contributed by atoms with Gasteiger partial charge < -0.3 is 14.9 Å². The average molecular weight is 492 g/mol. The first-order chi connectivity index (χ1) is 16.6. The van der Waals surface area contributed by atoms with Gasteiger partial charge in [0, 0.05) is 24.3 Å². The highest BCUT2D eigenvalue weighted by Crippen LogP contribution is 2.39. The molecule has 0 saturated carbocycles. The molecule has 9 heteroatoms. The van der Waals surface area contributed by atoms with Crippen LogP contribution in [0.4, 0.5) is 5.69 Å². The highest BCUT2D eigenvalue weighted by atomic mass is 32.6. The number of nitrogens with one attached hydrogen (secondary N) is 2. The molecule has 3 N–H and O–H groups in total. The fourth-order valence-corrected chi connectivity index (χ4v) is 6.88. The largest absolute Gasteiger partial charge is 0.506 e. The zero-order chi connectivity index (χ0) is 23.7. The van der Waals surface area contributed by atoms with Gasteiger partial charge in [-0.05, 0) is 54.8 Å². The topological polar surface area (TPSA) is 88.0 Å². The number of fused-ring (bicyclic) bond motifs is 2. The fraction of sp³-hybridized carbons (Fsp3) is 0.200. The van der Waals surface area contributed by atoms with Crippen LogP contribution in [-0.4, -0.2) is 30.8 Å². The van der Waals surface area contributed by atoms with Gasteiger partial charge in [-0.25, -0.2) is 13.9 Å². The van der Waals surface area contributed by atoms with Crippen LogP contribution in [0.15, 0.2) is 60.7 Å². The van der Waals surface area contributed by atoms with E-state index in [9.17, 15) is 5.11 Å². The zero-order valence-corrected chi connectivity index (χ0v) is 21.0. The molecule has 34 heavy (non-hydrogen) atoms. The van der Waals surface area contributed by atoms with Gasteiger partial charge in [-0.15, -0.1) is 0 Å². The second kappa shape index (κ2) is 9.41. The normalized spacial score (nSPS) is 11.7. The first kappa shape index (κ1) is 22.3.